The van der Waals surface area contributed by atoms with Gasteiger partial charge in [-0.1, -0.05) is 28.4 Å². The summed E-state index contributed by atoms with van der Waals surface area (Å²) in [5.41, 5.74) is -1.88. The van der Waals surface area contributed by atoms with Gasteiger partial charge in [0.1, 0.15) is 71.3 Å². The van der Waals surface area contributed by atoms with E-state index in [9.17, 15) is 60.9 Å². The van der Waals surface area contributed by atoms with Gasteiger partial charge in [0.2, 0.25) is 17.7 Å². The summed E-state index contributed by atoms with van der Waals surface area (Å²) < 4.78 is 103. The maximum absolute atomic E-state index is 14.5. The van der Waals surface area contributed by atoms with E-state index in [0.29, 0.717) is 0 Å². The Hall–Kier alpha value is -6.89. The van der Waals surface area contributed by atoms with Gasteiger partial charge in [-0.25, -0.2) is 23.1 Å². The van der Waals surface area contributed by atoms with Crippen molar-refractivity contribution in [3.63, 3.8) is 0 Å². The van der Waals surface area contributed by atoms with E-state index < -0.39 is 119 Å². The summed E-state index contributed by atoms with van der Waals surface area (Å²) in [5, 5.41) is 40.7. The molecule has 2 aromatic heterocycles. The van der Waals surface area contributed by atoms with Gasteiger partial charge in [-0.2, -0.15) is 18.3 Å². The number of aliphatic hydroxyl groups excluding tert-OH is 2. The number of rotatable bonds is 22. The van der Waals surface area contributed by atoms with Gasteiger partial charge >= 0.3 is 6.18 Å². The number of halogens is 7. The average molecular weight is 1140 g/mol. The monoisotopic (exact) mass is 1140 g/mol. The molecule has 5 aromatic rings. The van der Waals surface area contributed by atoms with Crippen molar-refractivity contribution in [2.75, 3.05) is 65.9 Å². The van der Waals surface area contributed by atoms with Crippen LogP contribution in [0, 0.1) is 18.6 Å². The number of carbonyl (C=O) groups excluding carboxylic acids is 6. The Morgan fingerprint density at radius 1 is 0.897 bits per heavy atom. The minimum absolute atomic E-state index is 0.00391. The maximum Gasteiger partial charge on any atom is 0.418 e. The zero-order valence-corrected chi connectivity index (χ0v) is 42.3. The van der Waals surface area contributed by atoms with E-state index in [1.165, 1.54) is 31.3 Å². The number of aryl methyl sites for hydroxylation is 1. The number of carbonyl (C=O) groups is 6. The summed E-state index contributed by atoms with van der Waals surface area (Å²) in [6.45, 7) is 0.460. The van der Waals surface area contributed by atoms with Gasteiger partial charge in [0.15, 0.2) is 5.82 Å². The summed E-state index contributed by atoms with van der Waals surface area (Å²) in [7, 11) is 0. The number of amides is 6. The minimum Gasteiger partial charge on any atom is -0.394 e. The van der Waals surface area contributed by atoms with Gasteiger partial charge in [-0.15, -0.1) is 5.10 Å². The first-order chi connectivity index (χ1) is 37.2. The van der Waals surface area contributed by atoms with E-state index >= 15 is 0 Å². The van der Waals surface area contributed by atoms with Crippen molar-refractivity contribution in [3.8, 4) is 16.9 Å². The van der Waals surface area contributed by atoms with Gasteiger partial charge in [0.25, 0.3) is 17.7 Å². The summed E-state index contributed by atoms with van der Waals surface area (Å²) in [4.78, 5) is 81.1. The SMILES string of the molecule is Cc1nc([C@@H]2O[C@H](CO)[C@H](O)[C@H](n3cc(-c4cc(F)c(Cl)c(F)c4)nn3)[C@H]2OCC(=O)NCCOCCOCCOCCNC(=O)c2ccc3c(c2)C(=O)N(C2CCC(=O)NC2=O)C3=O)n(-c2cc(Cl)ccc2C(F)(F)F)n1. The standard InChI is InChI=1S/C48H47Cl2F5N10O13/c1-23-58-43(65(61-23)34-19-26(49)3-5-29(34)48(53,54)55)42-41(39(40(69)35(21-66)78-42)63-20-32(60-62-63)25-17-30(51)38(50)31(52)18-25)77-22-37(68)56-8-10-74-12-14-76-15-13-75-11-9-57-44(70)24-2-4-27-28(16-24)47(73)64(46(27)72)33-6-7-36(67)59-45(33)71/h2-5,16-20,33,35,39-42,66,69H,6-15,21-22H2,1H3,(H,56,68)(H,57,70)(H,59,67,71)/t33?,35-,39+,40+,41-,42-/m1/s1. The van der Waals surface area contributed by atoms with Crippen LogP contribution in [0.4, 0.5) is 22.0 Å². The molecule has 416 valence electrons. The minimum atomic E-state index is -4.92. The number of nitrogens with one attached hydrogen (secondary N) is 3. The van der Waals surface area contributed by atoms with Crippen molar-refractivity contribution in [1.29, 1.82) is 0 Å². The number of imide groups is 2. The molecule has 5 heterocycles. The molecule has 0 spiro atoms. The largest absolute Gasteiger partial charge is 0.418 e. The quantitative estimate of drug-likeness (QED) is 0.0288. The third-order valence-electron chi connectivity index (χ3n) is 12.4. The van der Waals surface area contributed by atoms with Crippen LogP contribution in [-0.2, 0) is 44.2 Å². The Balaban J connectivity index is 0.812. The molecular formula is C48H47Cl2F5N10O13. The zero-order chi connectivity index (χ0) is 56.0. The Bertz CT molecular complexity index is 3070. The van der Waals surface area contributed by atoms with Crippen LogP contribution in [0.15, 0.2) is 54.7 Å². The highest BCUT2D eigenvalue weighted by Crippen LogP contribution is 2.42. The van der Waals surface area contributed by atoms with Gasteiger partial charge in [-0.3, -0.25) is 39.0 Å². The fourth-order valence-corrected chi connectivity index (χ4v) is 9.02. The lowest BCUT2D eigenvalue weighted by molar-refractivity contribution is -0.223. The first kappa shape index (κ1) is 57.3. The van der Waals surface area contributed by atoms with Crippen LogP contribution in [0.2, 0.25) is 10.0 Å². The number of aliphatic hydroxyl groups is 2. The molecule has 3 aliphatic rings. The van der Waals surface area contributed by atoms with Crippen molar-refractivity contribution in [3.05, 3.63) is 110 Å². The van der Waals surface area contributed by atoms with Crippen LogP contribution in [0.5, 0.6) is 0 Å². The highest BCUT2D eigenvalue weighted by molar-refractivity contribution is 6.31. The number of nitrogens with zero attached hydrogens (tertiary/aromatic N) is 7. The van der Waals surface area contributed by atoms with E-state index in [1.807, 2.05) is 0 Å². The lowest BCUT2D eigenvalue weighted by Crippen LogP contribution is -2.54. The van der Waals surface area contributed by atoms with Crippen LogP contribution in [0.3, 0.4) is 0 Å². The molecule has 30 heteroatoms. The number of benzene rings is 3. The fraction of sp³-hybridized carbons (Fsp3) is 0.417. The van der Waals surface area contributed by atoms with Crippen LogP contribution < -0.4 is 16.0 Å². The molecule has 3 aliphatic heterocycles. The average Bonchev–Trinajstić information content (AvgIpc) is 4.25. The molecule has 0 saturated carbocycles. The van der Waals surface area contributed by atoms with Crippen molar-refractivity contribution in [2.24, 2.45) is 0 Å². The van der Waals surface area contributed by atoms with Crippen molar-refractivity contribution >= 4 is 58.6 Å². The predicted octanol–water partition coefficient (Wildman–Crippen LogP) is 2.85. The number of hydrogen-bond acceptors (Lipinski definition) is 17. The molecule has 0 aliphatic carbocycles. The number of hydrogen-bond donors (Lipinski definition) is 5. The van der Waals surface area contributed by atoms with E-state index in [-0.39, 0.29) is 110 Å². The molecule has 8 rings (SSSR count). The van der Waals surface area contributed by atoms with Crippen molar-refractivity contribution < 1.29 is 84.6 Å². The van der Waals surface area contributed by atoms with Crippen LogP contribution in [-0.4, -0.2) is 171 Å². The molecule has 5 N–H and O–H groups in total. The van der Waals surface area contributed by atoms with Gasteiger partial charge in [-0.05, 0) is 61.9 Å². The lowest BCUT2D eigenvalue weighted by atomic mass is 9.91. The number of ether oxygens (including phenoxy) is 5. The van der Waals surface area contributed by atoms with Crippen LogP contribution >= 0.6 is 23.2 Å². The number of piperidine rings is 1. The third-order valence-corrected chi connectivity index (χ3v) is 13.0. The molecule has 6 atom stereocenters. The molecule has 0 bridgehead atoms. The highest BCUT2D eigenvalue weighted by Gasteiger charge is 2.51. The lowest BCUT2D eigenvalue weighted by Gasteiger charge is -2.43. The Labute approximate surface area is 448 Å². The molecule has 23 nitrogen and oxygen atoms in total. The number of aromatic nitrogens is 6. The van der Waals surface area contributed by atoms with Crippen LogP contribution in [0.1, 0.15) is 73.3 Å². The third kappa shape index (κ3) is 12.8. The van der Waals surface area contributed by atoms with Crippen LogP contribution in [0.25, 0.3) is 16.9 Å². The van der Waals surface area contributed by atoms with Crippen molar-refractivity contribution in [1.82, 2.24) is 50.6 Å². The van der Waals surface area contributed by atoms with Gasteiger partial charge < -0.3 is 44.5 Å². The maximum atomic E-state index is 14.5. The van der Waals surface area contributed by atoms with E-state index in [1.54, 1.807) is 0 Å². The zero-order valence-electron chi connectivity index (χ0n) is 40.8. The molecule has 78 heavy (non-hydrogen) atoms. The molecule has 0 radical (unpaired) electrons. The highest BCUT2D eigenvalue weighted by atomic mass is 35.5. The molecule has 6 amide bonds. The summed E-state index contributed by atoms with van der Waals surface area (Å²) in [5.74, 6) is -6.56. The first-order valence-electron chi connectivity index (χ1n) is 23.8. The first-order valence-corrected chi connectivity index (χ1v) is 24.6. The van der Waals surface area contributed by atoms with E-state index in [4.69, 9.17) is 46.9 Å². The van der Waals surface area contributed by atoms with Gasteiger partial charge in [0.05, 0.1) is 74.8 Å². The second kappa shape index (κ2) is 24.8. The Kier molecular flexibility index (Phi) is 18.2. The van der Waals surface area contributed by atoms with E-state index in [0.717, 1.165) is 44.6 Å². The topological polar surface area (TPSA) is 290 Å². The molecular weight excluding hydrogens is 1090 g/mol. The van der Waals surface area contributed by atoms with E-state index in [2.05, 4.69) is 36.3 Å². The predicted molar refractivity (Wildman–Crippen MR) is 257 cm³/mol. The van der Waals surface area contributed by atoms with Crippen molar-refractivity contribution in [2.45, 2.75) is 62.4 Å². The molecule has 2 fully saturated rings. The smallest absolute Gasteiger partial charge is 0.394 e. The normalized spacial score (nSPS) is 20.5. The summed E-state index contributed by atoms with van der Waals surface area (Å²) in [6, 6.07) is 5.88. The second-order valence-electron chi connectivity index (χ2n) is 17.6. The summed E-state index contributed by atoms with van der Waals surface area (Å²) in [6.07, 6.45) is -10.2. The molecule has 3 aromatic carbocycles. The Morgan fingerprint density at radius 2 is 1.56 bits per heavy atom. The molecule has 1 unspecified atom stereocenters. The van der Waals surface area contributed by atoms with Gasteiger partial charge in [0, 0.05) is 35.7 Å². The fourth-order valence-electron chi connectivity index (χ4n) is 8.74. The molecule has 2 saturated heterocycles. The number of fused-ring (bicyclic) bond motifs is 1. The summed E-state index contributed by atoms with van der Waals surface area (Å²) >= 11 is 11.8. The Morgan fingerprint density at radius 3 is 2.23 bits per heavy atom. The number of alkyl halides is 3. The second-order valence-corrected chi connectivity index (χ2v) is 18.4.